The summed E-state index contributed by atoms with van der Waals surface area (Å²) in [5.74, 6) is -5.20. The summed E-state index contributed by atoms with van der Waals surface area (Å²) in [6.45, 7) is 8.14. The second kappa shape index (κ2) is 15.2. The van der Waals surface area contributed by atoms with Gasteiger partial charge in [0, 0.05) is 44.1 Å². The van der Waals surface area contributed by atoms with Crippen LogP contribution in [0.1, 0.15) is 93.1 Å². The van der Waals surface area contributed by atoms with E-state index < -0.39 is 112 Å². The van der Waals surface area contributed by atoms with Gasteiger partial charge in [0.05, 0.1) is 35.1 Å². The monoisotopic (exact) mass is 865 g/mol. The number of carbonyl (C=O) groups excluding carboxylic acids is 6. The zero-order valence-electron chi connectivity index (χ0n) is 35.8. The first-order valence-electron chi connectivity index (χ1n) is 20.9. The van der Waals surface area contributed by atoms with Crippen LogP contribution in [0.25, 0.3) is 0 Å². The van der Waals surface area contributed by atoms with Crippen LogP contribution in [0.15, 0.2) is 102 Å². The zero-order valence-corrected chi connectivity index (χ0v) is 35.8. The fraction of sp³-hybridized carbons (Fsp3) is 0.458. The summed E-state index contributed by atoms with van der Waals surface area (Å²) in [7, 11) is 0. The summed E-state index contributed by atoms with van der Waals surface area (Å²) in [6.07, 6.45) is -9.00. The number of benzene rings is 3. The molecule has 3 aromatic carbocycles. The number of rotatable bonds is 10. The molecular formula is C48H51NO14. The molecule has 4 N–H and O–H groups in total. The van der Waals surface area contributed by atoms with Gasteiger partial charge in [-0.3, -0.25) is 19.2 Å². The molecule has 1 spiro atoms. The molecular weight excluding hydrogens is 815 g/mol. The Balaban J connectivity index is 1.30. The van der Waals surface area contributed by atoms with E-state index in [4.69, 9.17) is 23.7 Å². The van der Waals surface area contributed by atoms with E-state index in [-0.39, 0.29) is 41.7 Å². The standard InChI is InChI=1S/C48H51NO14/c1-26-32(61-42(57)37(53)36(29-16-10-7-11-17-29)49-40(55)30-18-12-8-13-19-30)23-47(58)43(4,5)35(26)38(60-27(2)50)39(54)44(6)33(52)22-34-45(25-59-34,62-28(3)51)46(44)24-48(46,47)63-41(56)31-20-14-9-15-21-31/h7-21,32-34,36-38,52-53,58H,22-25H2,1-6H3,(H,49,55)/t32-,33-,34+,36-,37+,38+,44-,45-,46-,47-,48-/m0/s1. The van der Waals surface area contributed by atoms with Crippen molar-refractivity contribution in [2.75, 3.05) is 6.61 Å². The summed E-state index contributed by atoms with van der Waals surface area (Å²) in [5, 5.41) is 40.8. The number of hydrogen-bond acceptors (Lipinski definition) is 14. The Morgan fingerprint density at radius 3 is 1.97 bits per heavy atom. The van der Waals surface area contributed by atoms with Crippen molar-refractivity contribution in [3.63, 3.8) is 0 Å². The van der Waals surface area contributed by atoms with Gasteiger partial charge in [0.2, 0.25) is 0 Å². The Labute approximate surface area is 363 Å². The Kier molecular flexibility index (Phi) is 10.6. The topological polar surface area (TPSA) is 221 Å². The van der Waals surface area contributed by atoms with E-state index in [2.05, 4.69) is 5.32 Å². The number of nitrogens with one attached hydrogen (secondary N) is 1. The highest BCUT2D eigenvalue weighted by molar-refractivity contribution is 5.98. The van der Waals surface area contributed by atoms with E-state index in [1.807, 2.05) is 0 Å². The molecule has 4 fully saturated rings. The lowest BCUT2D eigenvalue weighted by Crippen LogP contribution is -2.82. The van der Waals surface area contributed by atoms with Crippen LogP contribution in [0.4, 0.5) is 0 Å². The molecule has 3 saturated carbocycles. The van der Waals surface area contributed by atoms with Crippen LogP contribution in [-0.4, -0.2) is 105 Å². The highest BCUT2D eigenvalue weighted by Crippen LogP contribution is 2.85. The lowest BCUT2D eigenvalue weighted by atomic mass is 9.44. The molecule has 1 saturated heterocycles. The molecule has 8 rings (SSSR count). The van der Waals surface area contributed by atoms with Crippen LogP contribution in [0.2, 0.25) is 0 Å². The molecule has 63 heavy (non-hydrogen) atoms. The molecule has 15 heteroatoms. The van der Waals surface area contributed by atoms with Crippen molar-refractivity contribution < 1.29 is 67.8 Å². The maximum atomic E-state index is 15.7. The molecule has 3 aromatic rings. The lowest BCUT2D eigenvalue weighted by molar-refractivity contribution is -0.349. The number of fused-ring (bicyclic) bond motifs is 4. The Hall–Kier alpha value is -5.74. The van der Waals surface area contributed by atoms with Crippen LogP contribution < -0.4 is 5.32 Å². The van der Waals surface area contributed by atoms with E-state index >= 15 is 4.79 Å². The van der Waals surface area contributed by atoms with Crippen LogP contribution in [0, 0.1) is 16.2 Å². The first-order valence-corrected chi connectivity index (χ1v) is 20.9. The van der Waals surface area contributed by atoms with Gasteiger partial charge in [-0.2, -0.15) is 0 Å². The average Bonchev–Trinajstić information content (AvgIpc) is 3.94. The molecule has 4 aliphatic carbocycles. The molecule has 332 valence electrons. The Bertz CT molecular complexity index is 2400. The molecule has 1 heterocycles. The molecule has 0 unspecified atom stereocenters. The van der Waals surface area contributed by atoms with E-state index in [0.717, 1.165) is 6.92 Å². The predicted octanol–water partition coefficient (Wildman–Crippen LogP) is 3.88. The maximum Gasteiger partial charge on any atom is 0.338 e. The van der Waals surface area contributed by atoms with Crippen LogP contribution in [-0.2, 0) is 42.9 Å². The number of esters is 4. The molecule has 2 bridgehead atoms. The van der Waals surface area contributed by atoms with E-state index in [1.165, 1.54) is 32.9 Å². The fourth-order valence-corrected chi connectivity index (χ4v) is 11.7. The minimum Gasteiger partial charge on any atom is -0.456 e. The van der Waals surface area contributed by atoms with Crippen LogP contribution in [0.5, 0.6) is 0 Å². The van der Waals surface area contributed by atoms with Gasteiger partial charge in [-0.1, -0.05) is 80.6 Å². The Morgan fingerprint density at radius 1 is 0.825 bits per heavy atom. The van der Waals surface area contributed by atoms with E-state index in [0.29, 0.717) is 5.56 Å². The van der Waals surface area contributed by atoms with Crippen molar-refractivity contribution in [1.82, 2.24) is 5.32 Å². The number of carbonyl (C=O) groups is 6. The van der Waals surface area contributed by atoms with E-state index in [9.17, 15) is 39.3 Å². The van der Waals surface area contributed by atoms with Gasteiger partial charge < -0.3 is 44.3 Å². The number of hydrogen-bond donors (Lipinski definition) is 4. The number of aliphatic hydroxyl groups excluding tert-OH is 2. The van der Waals surface area contributed by atoms with Gasteiger partial charge >= 0.3 is 23.9 Å². The summed E-state index contributed by atoms with van der Waals surface area (Å²) < 4.78 is 30.9. The quantitative estimate of drug-likeness (QED) is 0.129. The summed E-state index contributed by atoms with van der Waals surface area (Å²) in [5.41, 5.74) is -11.1. The zero-order chi connectivity index (χ0) is 45.5. The first-order chi connectivity index (χ1) is 29.7. The van der Waals surface area contributed by atoms with Gasteiger partial charge in [0.1, 0.15) is 17.8 Å². The smallest absolute Gasteiger partial charge is 0.338 e. The van der Waals surface area contributed by atoms with E-state index in [1.54, 1.807) is 92.7 Å². The number of aliphatic hydroxyl groups is 3. The summed E-state index contributed by atoms with van der Waals surface area (Å²) in [6, 6.07) is 23.1. The normalized spacial score (nSPS) is 34.4. The molecule has 15 nitrogen and oxygen atoms in total. The number of Topliss-reactive ketones (excluding diaryl/α,β-unsaturated/α-hetero) is 1. The van der Waals surface area contributed by atoms with Crippen molar-refractivity contribution >= 4 is 35.6 Å². The SMILES string of the molecule is CC(=O)O[C@H]1C(=O)[C@]2(C)[C@@H](O)C[C@H]3OC[C@@]3(OC(C)=O)[C@]23C[C@@]3(OC(=O)c2ccccc2)[C@]2(O)C[C@H](OC(=O)[C@H](O)[C@@H](NC(=O)c3ccccc3)c3ccccc3)C(C)=C1C2(C)C. The van der Waals surface area contributed by atoms with Crippen molar-refractivity contribution in [2.24, 2.45) is 16.2 Å². The number of ether oxygens (including phenoxy) is 5. The molecule has 0 radical (unpaired) electrons. The minimum atomic E-state index is -2.39. The first kappa shape index (κ1) is 43.9. The minimum absolute atomic E-state index is 0.0123. The highest BCUT2D eigenvalue weighted by atomic mass is 16.6. The summed E-state index contributed by atoms with van der Waals surface area (Å²) >= 11 is 0. The molecule has 1 amide bonds. The van der Waals surface area contributed by atoms with Crippen molar-refractivity contribution in [2.45, 2.75) is 114 Å². The maximum absolute atomic E-state index is 15.7. The third-order valence-electron chi connectivity index (χ3n) is 14.8. The third kappa shape index (κ3) is 6.14. The van der Waals surface area contributed by atoms with Gasteiger partial charge in [0.15, 0.2) is 29.2 Å². The van der Waals surface area contributed by atoms with Crippen LogP contribution in [0.3, 0.4) is 0 Å². The average molecular weight is 866 g/mol. The molecule has 0 aromatic heterocycles. The predicted molar refractivity (Wildman–Crippen MR) is 220 cm³/mol. The largest absolute Gasteiger partial charge is 0.456 e. The van der Waals surface area contributed by atoms with Crippen molar-refractivity contribution in [1.29, 1.82) is 0 Å². The van der Waals surface area contributed by atoms with Crippen molar-refractivity contribution in [3.8, 4) is 0 Å². The molecule has 5 aliphatic rings. The van der Waals surface area contributed by atoms with Gasteiger partial charge in [0.25, 0.3) is 5.91 Å². The fourth-order valence-electron chi connectivity index (χ4n) is 11.7. The summed E-state index contributed by atoms with van der Waals surface area (Å²) in [4.78, 5) is 84.3. The Morgan fingerprint density at radius 2 is 1.41 bits per heavy atom. The van der Waals surface area contributed by atoms with Gasteiger partial charge in [-0.15, -0.1) is 0 Å². The molecule has 11 atom stereocenters. The second-order valence-corrected chi connectivity index (χ2v) is 18.1. The van der Waals surface area contributed by atoms with Crippen molar-refractivity contribution in [3.05, 3.63) is 119 Å². The van der Waals surface area contributed by atoms with Gasteiger partial charge in [-0.05, 0) is 54.8 Å². The lowest BCUT2D eigenvalue weighted by Gasteiger charge is -2.67. The number of amides is 1. The molecule has 1 aliphatic heterocycles. The van der Waals surface area contributed by atoms with Crippen LogP contribution >= 0.6 is 0 Å². The third-order valence-corrected chi connectivity index (χ3v) is 14.8. The second-order valence-electron chi connectivity index (χ2n) is 18.1. The van der Waals surface area contributed by atoms with Gasteiger partial charge in [-0.25, -0.2) is 9.59 Å². The number of ketones is 1. The highest BCUT2D eigenvalue weighted by Gasteiger charge is 2.99.